The predicted octanol–water partition coefficient (Wildman–Crippen LogP) is 11.5. The molecule has 1 aliphatic carbocycles. The molecule has 13 heteroatoms. The van der Waals surface area contributed by atoms with Crippen molar-refractivity contribution in [3.05, 3.63) is 12.2 Å². The van der Waals surface area contributed by atoms with Crippen LogP contribution in [0.25, 0.3) is 0 Å². The lowest BCUT2D eigenvalue weighted by atomic mass is 9.85. The normalized spacial score (nSPS) is 21.8. The van der Waals surface area contributed by atoms with Gasteiger partial charge < -0.3 is 39.9 Å². The summed E-state index contributed by atoms with van der Waals surface area (Å²) in [6.45, 7) is 4.28. The summed E-state index contributed by atoms with van der Waals surface area (Å²) in [7, 11) is -5.02. The van der Waals surface area contributed by atoms with Crippen molar-refractivity contribution in [1.29, 1.82) is 0 Å². The molecule has 63 heavy (non-hydrogen) atoms. The van der Waals surface area contributed by atoms with Gasteiger partial charge in [-0.3, -0.25) is 13.8 Å². The summed E-state index contributed by atoms with van der Waals surface area (Å²) in [4.78, 5) is 23.2. The van der Waals surface area contributed by atoms with Crippen molar-refractivity contribution in [3.63, 3.8) is 0 Å². The largest absolute Gasteiger partial charge is 0.472 e. The molecule has 1 aliphatic rings. The van der Waals surface area contributed by atoms with Gasteiger partial charge in [0.05, 0.1) is 13.2 Å². The minimum atomic E-state index is -5.02. The third-order valence-electron chi connectivity index (χ3n) is 12.4. The number of allylic oxidation sites excluding steroid dienone is 2. The van der Waals surface area contributed by atoms with Crippen LogP contribution in [0.15, 0.2) is 12.2 Å². The van der Waals surface area contributed by atoms with Gasteiger partial charge in [-0.15, -0.1) is 0 Å². The van der Waals surface area contributed by atoms with E-state index in [0.29, 0.717) is 13.0 Å². The number of ether oxygens (including phenoxy) is 2. The molecule has 1 saturated carbocycles. The average molecular weight is 921 g/mol. The molecule has 0 aromatic carbocycles. The van der Waals surface area contributed by atoms with Gasteiger partial charge in [0.15, 0.2) is 0 Å². The molecule has 0 aliphatic heterocycles. The SMILES string of the molecule is CCCCCCC/C=C\CCCCCCCCOCC(COP(=O)(O)OC1C(O)C(O)C(O)C(O)C1O)OC(=O)CCCCCCCCCCCCCCCCCCCCCCC. The quantitative estimate of drug-likeness (QED) is 0.0147. The van der Waals surface area contributed by atoms with E-state index < -0.39 is 63.1 Å². The van der Waals surface area contributed by atoms with Gasteiger partial charge in [0, 0.05) is 13.0 Å². The van der Waals surface area contributed by atoms with Crippen LogP contribution < -0.4 is 0 Å². The number of carbonyl (C=O) groups is 1. The topological polar surface area (TPSA) is 192 Å². The van der Waals surface area contributed by atoms with Gasteiger partial charge in [0.2, 0.25) is 0 Å². The highest BCUT2D eigenvalue weighted by atomic mass is 31.2. The summed E-state index contributed by atoms with van der Waals surface area (Å²) in [6.07, 6.45) is 34.2. The molecule has 6 unspecified atom stereocenters. The maximum Gasteiger partial charge on any atom is 0.472 e. The molecule has 1 fully saturated rings. The molecule has 0 heterocycles. The van der Waals surface area contributed by atoms with Gasteiger partial charge in [-0.05, 0) is 38.5 Å². The first kappa shape index (κ1) is 60.1. The van der Waals surface area contributed by atoms with E-state index >= 15 is 0 Å². The van der Waals surface area contributed by atoms with Crippen molar-refractivity contribution < 1.29 is 58.3 Å². The zero-order valence-electron chi connectivity index (χ0n) is 40.1. The molecule has 12 nitrogen and oxygen atoms in total. The number of phosphoric acid groups is 1. The Balaban J connectivity index is 2.31. The third-order valence-corrected chi connectivity index (χ3v) is 13.4. The number of aliphatic hydroxyl groups excluding tert-OH is 5. The van der Waals surface area contributed by atoms with Crippen molar-refractivity contribution in [2.75, 3.05) is 19.8 Å². The lowest BCUT2D eigenvalue weighted by Gasteiger charge is -2.41. The van der Waals surface area contributed by atoms with Crippen LogP contribution in [0.5, 0.6) is 0 Å². The van der Waals surface area contributed by atoms with Gasteiger partial charge in [0.25, 0.3) is 0 Å². The number of carbonyl (C=O) groups excluding carboxylic acids is 1. The van der Waals surface area contributed by atoms with E-state index in [1.165, 1.54) is 161 Å². The molecular weight excluding hydrogens is 824 g/mol. The molecule has 0 aromatic heterocycles. The first-order chi connectivity index (χ1) is 30.5. The Morgan fingerprint density at radius 3 is 1.25 bits per heavy atom. The Morgan fingerprint density at radius 1 is 0.492 bits per heavy atom. The summed E-state index contributed by atoms with van der Waals surface area (Å²) in [5, 5.41) is 50.3. The standard InChI is InChI=1S/C50H97O12P/c1-3-5-7-9-11-13-15-17-19-20-21-22-23-24-25-27-29-31-33-35-37-39-44(51)61-43(42-60-63(57,58)62-50-48(55)46(53)45(52)47(54)49(50)56)41-59-40-38-36-34-32-30-28-26-18-16-14-12-10-8-6-4-2/h16,18,43,45-50,52-56H,3-15,17,19-42H2,1-2H3,(H,57,58)/b18-16-. The van der Waals surface area contributed by atoms with E-state index in [-0.39, 0.29) is 13.0 Å². The molecule has 6 N–H and O–H groups in total. The minimum Gasteiger partial charge on any atom is -0.457 e. The zero-order chi connectivity index (χ0) is 46.2. The molecule has 6 atom stereocenters. The van der Waals surface area contributed by atoms with Crippen molar-refractivity contribution in [2.45, 2.75) is 281 Å². The number of hydrogen-bond donors (Lipinski definition) is 6. The number of unbranched alkanes of at least 4 members (excludes halogenated alkanes) is 31. The molecule has 374 valence electrons. The van der Waals surface area contributed by atoms with E-state index in [1.807, 2.05) is 0 Å². The summed E-state index contributed by atoms with van der Waals surface area (Å²) in [6, 6.07) is 0. The van der Waals surface area contributed by atoms with Crippen LogP contribution in [0.3, 0.4) is 0 Å². The third kappa shape index (κ3) is 33.2. The van der Waals surface area contributed by atoms with Crippen LogP contribution >= 0.6 is 7.82 Å². The second kappa shape index (κ2) is 41.3. The number of hydrogen-bond acceptors (Lipinski definition) is 11. The Labute approximate surface area is 384 Å². The summed E-state index contributed by atoms with van der Waals surface area (Å²) in [5.74, 6) is -0.473. The Bertz CT molecular complexity index is 1100. The van der Waals surface area contributed by atoms with Crippen molar-refractivity contribution >= 4 is 13.8 Å². The average Bonchev–Trinajstić information content (AvgIpc) is 3.27. The Kier molecular flexibility index (Phi) is 39.4. The van der Waals surface area contributed by atoms with Crippen LogP contribution in [0.1, 0.15) is 239 Å². The van der Waals surface area contributed by atoms with Gasteiger partial charge in [-0.25, -0.2) is 4.57 Å². The lowest BCUT2D eigenvalue weighted by molar-refractivity contribution is -0.220. The Hall–Kier alpha value is -0.920. The first-order valence-corrected chi connectivity index (χ1v) is 27.5. The van der Waals surface area contributed by atoms with Crippen LogP contribution in [0, 0.1) is 0 Å². The number of aliphatic hydroxyl groups is 5. The fourth-order valence-corrected chi connectivity index (χ4v) is 9.21. The summed E-state index contributed by atoms with van der Waals surface area (Å²) < 4.78 is 34.3. The van der Waals surface area contributed by atoms with Crippen molar-refractivity contribution in [1.82, 2.24) is 0 Å². The smallest absolute Gasteiger partial charge is 0.457 e. The van der Waals surface area contributed by atoms with E-state index in [9.17, 15) is 39.8 Å². The fourth-order valence-electron chi connectivity index (χ4n) is 8.23. The highest BCUT2D eigenvalue weighted by Gasteiger charge is 2.51. The predicted molar refractivity (Wildman–Crippen MR) is 253 cm³/mol. The zero-order valence-corrected chi connectivity index (χ0v) is 41.0. The summed E-state index contributed by atoms with van der Waals surface area (Å²) in [5.41, 5.74) is 0. The fraction of sp³-hybridized carbons (Fsp3) is 0.940. The van der Waals surface area contributed by atoms with Gasteiger partial charge in [-0.1, -0.05) is 206 Å². The van der Waals surface area contributed by atoms with Crippen molar-refractivity contribution in [3.8, 4) is 0 Å². The van der Waals surface area contributed by atoms with Gasteiger partial charge >= 0.3 is 13.8 Å². The van der Waals surface area contributed by atoms with Crippen LogP contribution in [-0.4, -0.2) is 98.9 Å². The first-order valence-electron chi connectivity index (χ1n) is 26.0. The van der Waals surface area contributed by atoms with E-state index in [4.69, 9.17) is 18.5 Å². The maximum atomic E-state index is 12.8. The van der Waals surface area contributed by atoms with Gasteiger partial charge in [0.1, 0.15) is 42.7 Å². The highest BCUT2D eigenvalue weighted by Crippen LogP contribution is 2.47. The molecule has 0 aromatic rings. The van der Waals surface area contributed by atoms with E-state index in [0.717, 1.165) is 51.4 Å². The highest BCUT2D eigenvalue weighted by molar-refractivity contribution is 7.47. The monoisotopic (exact) mass is 921 g/mol. The molecular formula is C50H97O12P. The van der Waals surface area contributed by atoms with Crippen LogP contribution in [0.4, 0.5) is 0 Å². The lowest BCUT2D eigenvalue weighted by Crippen LogP contribution is -2.64. The van der Waals surface area contributed by atoms with Gasteiger partial charge in [-0.2, -0.15) is 0 Å². The molecule has 0 bridgehead atoms. The molecule has 0 saturated heterocycles. The maximum absolute atomic E-state index is 12.8. The summed E-state index contributed by atoms with van der Waals surface area (Å²) >= 11 is 0. The number of rotatable bonds is 45. The molecule has 0 radical (unpaired) electrons. The van der Waals surface area contributed by atoms with Crippen LogP contribution in [0.2, 0.25) is 0 Å². The molecule has 0 amide bonds. The molecule has 0 spiro atoms. The second-order valence-electron chi connectivity index (χ2n) is 18.4. The minimum absolute atomic E-state index is 0.0751. The van der Waals surface area contributed by atoms with E-state index in [2.05, 4.69) is 26.0 Å². The second-order valence-corrected chi connectivity index (χ2v) is 19.8. The number of phosphoric ester groups is 1. The number of esters is 1. The van der Waals surface area contributed by atoms with Crippen LogP contribution in [-0.2, 0) is 27.9 Å². The molecule has 1 rings (SSSR count). The van der Waals surface area contributed by atoms with E-state index in [1.54, 1.807) is 0 Å². The van der Waals surface area contributed by atoms with Crippen molar-refractivity contribution in [2.24, 2.45) is 0 Å². The Morgan fingerprint density at radius 2 is 0.841 bits per heavy atom.